The molecule has 0 saturated carbocycles. The number of nitrogens with zero attached hydrogens (tertiary/aromatic N) is 1. The molecule has 0 amide bonds. The maximum atomic E-state index is 11.0. The van der Waals surface area contributed by atoms with Crippen molar-refractivity contribution in [3.05, 3.63) is 25.5 Å². The zero-order valence-corrected chi connectivity index (χ0v) is 9.74. The van der Waals surface area contributed by atoms with Crippen molar-refractivity contribution in [2.24, 2.45) is 0 Å². The van der Waals surface area contributed by atoms with E-state index in [2.05, 4.69) is 4.98 Å². The van der Waals surface area contributed by atoms with E-state index in [9.17, 15) is 4.79 Å². The Kier molecular flexibility index (Phi) is 3.31. The van der Waals surface area contributed by atoms with Crippen LogP contribution >= 0.6 is 45.8 Å². The molecule has 12 heavy (non-hydrogen) atoms. The first-order chi connectivity index (χ1) is 5.52. The highest BCUT2D eigenvalue weighted by atomic mass is 127. The highest BCUT2D eigenvalue weighted by Gasteiger charge is 2.10. The number of hydrogen-bond acceptors (Lipinski definition) is 2. The summed E-state index contributed by atoms with van der Waals surface area (Å²) in [5.74, 6) is -0.109. The second-order valence-electron chi connectivity index (χ2n) is 2.16. The first-order valence-electron chi connectivity index (χ1n) is 3.05. The van der Waals surface area contributed by atoms with Gasteiger partial charge in [0, 0.05) is 0 Å². The van der Waals surface area contributed by atoms with Crippen LogP contribution < -0.4 is 0 Å². The van der Waals surface area contributed by atoms with Crippen LogP contribution in [0.25, 0.3) is 0 Å². The minimum atomic E-state index is -0.109. The van der Waals surface area contributed by atoms with Crippen molar-refractivity contribution < 1.29 is 4.79 Å². The molecule has 5 heteroatoms. The van der Waals surface area contributed by atoms with Gasteiger partial charge in [-0.3, -0.25) is 4.79 Å². The molecule has 1 rings (SSSR count). The van der Waals surface area contributed by atoms with Crippen LogP contribution in [0, 0.1) is 3.57 Å². The van der Waals surface area contributed by atoms with Gasteiger partial charge in [0.15, 0.2) is 5.78 Å². The number of carbonyl (C=O) groups excluding carboxylic acids is 1. The Balaban J connectivity index is 3.33. The summed E-state index contributed by atoms with van der Waals surface area (Å²) in [7, 11) is 0. The monoisotopic (exact) mass is 315 g/mol. The molecule has 1 aromatic rings. The molecular formula is C7H4Cl2INO. The molecule has 0 aromatic carbocycles. The fourth-order valence-corrected chi connectivity index (χ4v) is 1.58. The van der Waals surface area contributed by atoms with E-state index in [-0.39, 0.29) is 10.9 Å². The molecule has 2 nitrogen and oxygen atoms in total. The van der Waals surface area contributed by atoms with Crippen LogP contribution in [0.3, 0.4) is 0 Å². The lowest BCUT2D eigenvalue weighted by Crippen LogP contribution is -1.97. The van der Waals surface area contributed by atoms with Crippen LogP contribution in [0.2, 0.25) is 10.3 Å². The topological polar surface area (TPSA) is 30.0 Å². The van der Waals surface area contributed by atoms with Gasteiger partial charge in [0.1, 0.15) is 10.3 Å². The van der Waals surface area contributed by atoms with E-state index in [0.29, 0.717) is 10.7 Å². The fraction of sp³-hybridized carbons (Fsp3) is 0.143. The van der Waals surface area contributed by atoms with E-state index >= 15 is 0 Å². The average Bonchev–Trinajstić information content (AvgIpc) is 1.96. The Morgan fingerprint density at radius 2 is 2.08 bits per heavy atom. The van der Waals surface area contributed by atoms with Gasteiger partial charge < -0.3 is 0 Å². The predicted octanol–water partition coefficient (Wildman–Crippen LogP) is 3.20. The van der Waals surface area contributed by atoms with Gasteiger partial charge in [-0.05, 0) is 35.6 Å². The van der Waals surface area contributed by atoms with Crippen molar-refractivity contribution in [2.75, 3.05) is 0 Å². The maximum Gasteiger partial charge on any atom is 0.162 e. The molecule has 1 aromatic heterocycles. The van der Waals surface area contributed by atoms with Crippen LogP contribution in [0.1, 0.15) is 17.3 Å². The van der Waals surface area contributed by atoms with Gasteiger partial charge in [0.05, 0.1) is 9.13 Å². The second kappa shape index (κ2) is 3.89. The Hall–Kier alpha value is 0.130. The zero-order valence-electron chi connectivity index (χ0n) is 6.07. The van der Waals surface area contributed by atoms with Crippen molar-refractivity contribution >= 4 is 51.6 Å². The third-order valence-corrected chi connectivity index (χ3v) is 2.98. The lowest BCUT2D eigenvalue weighted by Gasteiger charge is -2.00. The maximum absolute atomic E-state index is 11.0. The number of ketones is 1. The number of pyridine rings is 1. The SMILES string of the molecule is CC(=O)c1cc(I)c(Cl)nc1Cl. The van der Waals surface area contributed by atoms with E-state index in [0.717, 1.165) is 3.57 Å². The minimum absolute atomic E-state index is 0.109. The molecule has 0 saturated heterocycles. The summed E-state index contributed by atoms with van der Waals surface area (Å²) in [6.45, 7) is 1.44. The van der Waals surface area contributed by atoms with Crippen molar-refractivity contribution in [1.82, 2.24) is 4.98 Å². The van der Waals surface area contributed by atoms with Crippen LogP contribution in [-0.2, 0) is 0 Å². The number of hydrogen-bond donors (Lipinski definition) is 0. The van der Waals surface area contributed by atoms with Gasteiger partial charge >= 0.3 is 0 Å². The molecule has 0 bridgehead atoms. The Bertz CT molecular complexity index is 340. The first-order valence-corrected chi connectivity index (χ1v) is 4.88. The molecule has 0 fully saturated rings. The number of carbonyl (C=O) groups is 1. The minimum Gasteiger partial charge on any atom is -0.294 e. The third kappa shape index (κ3) is 2.08. The Morgan fingerprint density at radius 1 is 1.50 bits per heavy atom. The van der Waals surface area contributed by atoms with Gasteiger partial charge in [-0.1, -0.05) is 23.2 Å². The molecule has 64 valence electrons. The van der Waals surface area contributed by atoms with Crippen LogP contribution in [-0.4, -0.2) is 10.8 Å². The quantitative estimate of drug-likeness (QED) is 0.452. The van der Waals surface area contributed by atoms with E-state index in [1.165, 1.54) is 6.92 Å². The van der Waals surface area contributed by atoms with E-state index in [1.807, 2.05) is 22.6 Å². The van der Waals surface area contributed by atoms with Crippen molar-refractivity contribution in [3.8, 4) is 0 Å². The highest BCUT2D eigenvalue weighted by molar-refractivity contribution is 14.1. The predicted molar refractivity (Wildman–Crippen MR) is 57.0 cm³/mol. The summed E-state index contributed by atoms with van der Waals surface area (Å²) >= 11 is 13.3. The summed E-state index contributed by atoms with van der Waals surface area (Å²) in [5, 5.41) is 0.485. The molecule has 1 heterocycles. The molecule has 0 N–H and O–H groups in total. The molecule has 0 spiro atoms. The van der Waals surface area contributed by atoms with Gasteiger partial charge in [0.25, 0.3) is 0 Å². The van der Waals surface area contributed by atoms with E-state index < -0.39 is 0 Å². The molecule has 0 radical (unpaired) electrons. The smallest absolute Gasteiger partial charge is 0.162 e. The summed E-state index contributed by atoms with van der Waals surface area (Å²) in [4.78, 5) is 14.8. The summed E-state index contributed by atoms with van der Waals surface area (Å²) in [5.41, 5.74) is 0.408. The number of Topliss-reactive ketones (excluding diaryl/α,β-unsaturated/α-hetero) is 1. The third-order valence-electron chi connectivity index (χ3n) is 1.27. The normalized spacial score (nSPS) is 10.0. The van der Waals surface area contributed by atoms with Crippen molar-refractivity contribution in [3.63, 3.8) is 0 Å². The van der Waals surface area contributed by atoms with E-state index in [1.54, 1.807) is 6.07 Å². The molecule has 0 unspecified atom stereocenters. The number of aromatic nitrogens is 1. The molecule has 0 atom stereocenters. The number of rotatable bonds is 1. The standard InChI is InChI=1S/C7H4Cl2INO/c1-3(12)4-2-5(10)7(9)11-6(4)8/h2H,1H3. The Labute approximate surface area is 93.4 Å². The van der Waals surface area contributed by atoms with Crippen molar-refractivity contribution in [1.29, 1.82) is 0 Å². The molecule has 0 aliphatic rings. The van der Waals surface area contributed by atoms with Crippen molar-refractivity contribution in [2.45, 2.75) is 6.92 Å². The van der Waals surface area contributed by atoms with Gasteiger partial charge in [0.2, 0.25) is 0 Å². The summed E-state index contributed by atoms with van der Waals surface area (Å²) < 4.78 is 0.726. The van der Waals surface area contributed by atoms with Gasteiger partial charge in [-0.2, -0.15) is 0 Å². The lowest BCUT2D eigenvalue weighted by atomic mass is 10.2. The lowest BCUT2D eigenvalue weighted by molar-refractivity contribution is 0.101. The molecule has 0 aliphatic carbocycles. The zero-order chi connectivity index (χ0) is 9.30. The highest BCUT2D eigenvalue weighted by Crippen LogP contribution is 2.22. The largest absolute Gasteiger partial charge is 0.294 e. The Morgan fingerprint density at radius 3 is 2.58 bits per heavy atom. The second-order valence-corrected chi connectivity index (χ2v) is 4.03. The summed E-state index contributed by atoms with van der Waals surface area (Å²) in [6.07, 6.45) is 0. The van der Waals surface area contributed by atoms with Crippen LogP contribution in [0.4, 0.5) is 0 Å². The van der Waals surface area contributed by atoms with Crippen LogP contribution in [0.15, 0.2) is 6.07 Å². The fourth-order valence-electron chi connectivity index (χ4n) is 0.693. The number of halogens is 3. The van der Waals surface area contributed by atoms with Gasteiger partial charge in [-0.15, -0.1) is 0 Å². The molecule has 0 aliphatic heterocycles. The summed E-state index contributed by atoms with van der Waals surface area (Å²) in [6, 6.07) is 1.63. The van der Waals surface area contributed by atoms with Crippen LogP contribution in [0.5, 0.6) is 0 Å². The molecular weight excluding hydrogens is 312 g/mol. The average molecular weight is 316 g/mol. The van der Waals surface area contributed by atoms with E-state index in [4.69, 9.17) is 23.2 Å². The first kappa shape index (κ1) is 10.2. The van der Waals surface area contributed by atoms with Gasteiger partial charge in [-0.25, -0.2) is 4.98 Å².